The highest BCUT2D eigenvalue weighted by Crippen LogP contribution is 2.39. The second kappa shape index (κ2) is 5.69. The summed E-state index contributed by atoms with van der Waals surface area (Å²) in [6.45, 7) is 6.42. The summed E-state index contributed by atoms with van der Waals surface area (Å²) in [6.07, 6.45) is 0. The molecule has 0 radical (unpaired) electrons. The molecule has 22 heavy (non-hydrogen) atoms. The third kappa shape index (κ3) is 2.50. The third-order valence-electron chi connectivity index (χ3n) is 4.07. The number of aryl methyl sites for hydroxylation is 3. The number of hydrogen-bond donors (Lipinski definition) is 1. The predicted molar refractivity (Wildman–Crippen MR) is 93.2 cm³/mol. The molecule has 0 amide bonds. The molecule has 0 aliphatic rings. The Morgan fingerprint density at radius 3 is 1.73 bits per heavy atom. The van der Waals surface area contributed by atoms with Crippen LogP contribution in [-0.2, 0) is 0 Å². The Morgan fingerprint density at radius 1 is 0.636 bits per heavy atom. The van der Waals surface area contributed by atoms with Gasteiger partial charge in [-0.25, -0.2) is 0 Å². The molecule has 0 aliphatic heterocycles. The number of hydrogen-bond acceptors (Lipinski definition) is 1. The normalized spacial score (nSPS) is 10.7. The van der Waals surface area contributed by atoms with Gasteiger partial charge in [-0.1, -0.05) is 60.2 Å². The van der Waals surface area contributed by atoms with Crippen LogP contribution in [0.3, 0.4) is 0 Å². The number of rotatable bonds is 2. The Labute approximate surface area is 131 Å². The van der Waals surface area contributed by atoms with Gasteiger partial charge in [0, 0.05) is 5.56 Å². The van der Waals surface area contributed by atoms with E-state index in [1.54, 1.807) is 6.07 Å². The lowest BCUT2D eigenvalue weighted by Gasteiger charge is -2.16. The smallest absolute Gasteiger partial charge is 0.123 e. The monoisotopic (exact) mass is 288 g/mol. The number of aromatic hydroxyl groups is 1. The summed E-state index contributed by atoms with van der Waals surface area (Å²) in [5.41, 5.74) is 8.16. The van der Waals surface area contributed by atoms with E-state index in [9.17, 15) is 5.11 Å². The van der Waals surface area contributed by atoms with Gasteiger partial charge >= 0.3 is 0 Å². The Hall–Kier alpha value is -2.54. The molecule has 0 aliphatic carbocycles. The minimum absolute atomic E-state index is 0.317. The molecular weight excluding hydrogens is 268 g/mol. The molecule has 0 unspecified atom stereocenters. The lowest BCUT2D eigenvalue weighted by atomic mass is 9.88. The quantitative estimate of drug-likeness (QED) is 0.646. The zero-order chi connectivity index (χ0) is 15.7. The summed E-state index contributed by atoms with van der Waals surface area (Å²) in [7, 11) is 0. The van der Waals surface area contributed by atoms with Crippen LogP contribution in [0, 0.1) is 20.8 Å². The highest BCUT2D eigenvalue weighted by atomic mass is 16.3. The molecular formula is C21H20O. The van der Waals surface area contributed by atoms with Crippen LogP contribution in [0.25, 0.3) is 22.3 Å². The van der Waals surface area contributed by atoms with E-state index < -0.39 is 0 Å². The summed E-state index contributed by atoms with van der Waals surface area (Å²) >= 11 is 0. The van der Waals surface area contributed by atoms with Crippen molar-refractivity contribution in [3.05, 3.63) is 77.4 Å². The van der Waals surface area contributed by atoms with E-state index in [0.717, 1.165) is 11.1 Å². The molecule has 0 saturated carbocycles. The van der Waals surface area contributed by atoms with E-state index in [1.807, 2.05) is 24.3 Å². The second-order valence-electron chi connectivity index (χ2n) is 5.84. The average Bonchev–Trinajstić information content (AvgIpc) is 2.47. The van der Waals surface area contributed by atoms with Crippen LogP contribution in [0.1, 0.15) is 16.7 Å². The van der Waals surface area contributed by atoms with Gasteiger partial charge in [0.05, 0.1) is 0 Å². The van der Waals surface area contributed by atoms with Crippen molar-refractivity contribution in [1.29, 1.82) is 0 Å². The van der Waals surface area contributed by atoms with E-state index in [4.69, 9.17) is 0 Å². The van der Waals surface area contributed by atoms with Crippen molar-refractivity contribution in [1.82, 2.24) is 0 Å². The largest absolute Gasteiger partial charge is 0.507 e. The van der Waals surface area contributed by atoms with Crippen molar-refractivity contribution >= 4 is 0 Å². The maximum absolute atomic E-state index is 10.2. The minimum Gasteiger partial charge on any atom is -0.507 e. The van der Waals surface area contributed by atoms with Crippen molar-refractivity contribution in [2.75, 3.05) is 0 Å². The van der Waals surface area contributed by atoms with Crippen molar-refractivity contribution in [3.63, 3.8) is 0 Å². The van der Waals surface area contributed by atoms with Crippen molar-refractivity contribution in [2.24, 2.45) is 0 Å². The first kappa shape index (κ1) is 14.4. The molecule has 0 spiro atoms. The van der Waals surface area contributed by atoms with Gasteiger partial charge in [-0.2, -0.15) is 0 Å². The summed E-state index contributed by atoms with van der Waals surface area (Å²) in [4.78, 5) is 0. The van der Waals surface area contributed by atoms with E-state index in [2.05, 4.69) is 51.1 Å². The fraction of sp³-hybridized carbons (Fsp3) is 0.143. The zero-order valence-corrected chi connectivity index (χ0v) is 13.2. The van der Waals surface area contributed by atoms with Gasteiger partial charge in [0.1, 0.15) is 5.75 Å². The first-order valence-electron chi connectivity index (χ1n) is 7.53. The molecule has 0 bridgehead atoms. The number of para-hydroxylation sites is 1. The number of benzene rings is 3. The number of phenols is 1. The van der Waals surface area contributed by atoms with Gasteiger partial charge in [-0.15, -0.1) is 0 Å². The van der Waals surface area contributed by atoms with Gasteiger partial charge in [0.2, 0.25) is 0 Å². The second-order valence-corrected chi connectivity index (χ2v) is 5.84. The summed E-state index contributed by atoms with van der Waals surface area (Å²) in [5.74, 6) is 0.317. The Morgan fingerprint density at radius 2 is 1.14 bits per heavy atom. The molecule has 1 N–H and O–H groups in total. The SMILES string of the molecule is Cc1cc(C)c(-c2ccccc2-c2ccccc2O)c(C)c1. The van der Waals surface area contributed by atoms with Crippen LogP contribution in [0.4, 0.5) is 0 Å². The van der Waals surface area contributed by atoms with Crippen molar-refractivity contribution in [2.45, 2.75) is 20.8 Å². The van der Waals surface area contributed by atoms with Crippen LogP contribution < -0.4 is 0 Å². The molecule has 3 aromatic carbocycles. The molecule has 0 fully saturated rings. The first-order valence-corrected chi connectivity index (χ1v) is 7.53. The lowest BCUT2D eigenvalue weighted by Crippen LogP contribution is -1.93. The number of phenolic OH excluding ortho intramolecular Hbond substituents is 1. The van der Waals surface area contributed by atoms with E-state index in [0.29, 0.717) is 5.75 Å². The minimum atomic E-state index is 0.317. The Kier molecular flexibility index (Phi) is 3.72. The van der Waals surface area contributed by atoms with Crippen LogP contribution in [-0.4, -0.2) is 5.11 Å². The highest BCUT2D eigenvalue weighted by molar-refractivity contribution is 5.88. The molecule has 0 heterocycles. The van der Waals surface area contributed by atoms with Crippen molar-refractivity contribution in [3.8, 4) is 28.0 Å². The summed E-state index contributed by atoms with van der Waals surface area (Å²) in [6, 6.07) is 20.2. The van der Waals surface area contributed by atoms with E-state index in [1.165, 1.54) is 27.8 Å². The summed E-state index contributed by atoms with van der Waals surface area (Å²) < 4.78 is 0. The van der Waals surface area contributed by atoms with Gasteiger partial charge in [-0.05, 0) is 54.7 Å². The maximum Gasteiger partial charge on any atom is 0.123 e. The zero-order valence-electron chi connectivity index (χ0n) is 13.2. The van der Waals surface area contributed by atoms with Gasteiger partial charge in [0.15, 0.2) is 0 Å². The van der Waals surface area contributed by atoms with E-state index in [-0.39, 0.29) is 0 Å². The highest BCUT2D eigenvalue weighted by Gasteiger charge is 2.13. The fourth-order valence-electron chi connectivity index (χ4n) is 3.24. The topological polar surface area (TPSA) is 20.2 Å². The molecule has 1 heteroatoms. The Bertz CT molecular complexity index is 808. The Balaban J connectivity index is 2.29. The maximum atomic E-state index is 10.2. The van der Waals surface area contributed by atoms with Crippen LogP contribution in [0.5, 0.6) is 5.75 Å². The van der Waals surface area contributed by atoms with Gasteiger partial charge < -0.3 is 5.11 Å². The molecule has 0 saturated heterocycles. The van der Waals surface area contributed by atoms with E-state index >= 15 is 0 Å². The van der Waals surface area contributed by atoms with Crippen LogP contribution >= 0.6 is 0 Å². The van der Waals surface area contributed by atoms with Crippen LogP contribution in [0.15, 0.2) is 60.7 Å². The average molecular weight is 288 g/mol. The molecule has 3 aromatic rings. The third-order valence-corrected chi connectivity index (χ3v) is 4.07. The summed E-state index contributed by atoms with van der Waals surface area (Å²) in [5, 5.41) is 10.2. The van der Waals surface area contributed by atoms with Gasteiger partial charge in [-0.3, -0.25) is 0 Å². The standard InChI is InChI=1S/C21H20O/c1-14-12-15(2)21(16(3)13-14)19-10-5-4-8-17(19)18-9-6-7-11-20(18)22/h4-13,22H,1-3H3. The van der Waals surface area contributed by atoms with Gasteiger partial charge in [0.25, 0.3) is 0 Å². The molecule has 0 atom stereocenters. The molecule has 3 rings (SSSR count). The van der Waals surface area contributed by atoms with Crippen molar-refractivity contribution < 1.29 is 5.11 Å². The fourth-order valence-corrected chi connectivity index (χ4v) is 3.24. The first-order chi connectivity index (χ1) is 10.6. The molecule has 0 aromatic heterocycles. The predicted octanol–water partition coefficient (Wildman–Crippen LogP) is 5.65. The molecule has 110 valence electrons. The lowest BCUT2D eigenvalue weighted by molar-refractivity contribution is 0.477. The van der Waals surface area contributed by atoms with Crippen LogP contribution in [0.2, 0.25) is 0 Å². The molecule has 1 nitrogen and oxygen atoms in total.